The van der Waals surface area contributed by atoms with Crippen LogP contribution in [0.3, 0.4) is 0 Å². The van der Waals surface area contributed by atoms with Crippen molar-refractivity contribution < 1.29 is 48.5 Å². The van der Waals surface area contributed by atoms with Gasteiger partial charge in [-0.25, -0.2) is 0 Å². The molecule has 30 heavy (non-hydrogen) atoms. The van der Waals surface area contributed by atoms with E-state index in [0.717, 1.165) is 7.11 Å². The molecule has 0 aliphatic carbocycles. The molecular weight excluding hydrogens is 424 g/mol. The van der Waals surface area contributed by atoms with Crippen LogP contribution in [0.5, 0.6) is 0 Å². The number of hydrogen-bond acceptors (Lipinski definition) is 7. The molecule has 0 unspecified atom stereocenters. The summed E-state index contributed by atoms with van der Waals surface area (Å²) in [6, 6.07) is 24.6. The van der Waals surface area contributed by atoms with Crippen LogP contribution in [0.2, 0.25) is 0 Å². The summed E-state index contributed by atoms with van der Waals surface area (Å²) in [5.41, 5.74) is 0.789. The van der Waals surface area contributed by atoms with Gasteiger partial charge in [0.25, 0.3) is 0 Å². The fourth-order valence-corrected chi connectivity index (χ4v) is 3.65. The second kappa shape index (κ2) is 12.3. The van der Waals surface area contributed by atoms with Crippen molar-refractivity contribution in [1.82, 2.24) is 0 Å². The molecule has 0 N–H and O–H groups in total. The first kappa shape index (κ1) is 23.0. The van der Waals surface area contributed by atoms with Crippen molar-refractivity contribution in [3.8, 4) is 0 Å². The van der Waals surface area contributed by atoms with Crippen LogP contribution in [0.25, 0.3) is 0 Å². The SMILES string of the molecule is C[O-].O=C([O][Ti+]([O]C(=O)c1ccccc1)[O]C(=O)c1ccccc1)c1ccccc1. The summed E-state index contributed by atoms with van der Waals surface area (Å²) < 4.78 is 15.8. The summed E-state index contributed by atoms with van der Waals surface area (Å²) in [6.07, 6.45) is 0. The van der Waals surface area contributed by atoms with E-state index in [9.17, 15) is 14.4 Å². The van der Waals surface area contributed by atoms with Gasteiger partial charge in [-0.1, -0.05) is 0 Å². The molecule has 0 spiro atoms. The van der Waals surface area contributed by atoms with Gasteiger partial charge in [-0.3, -0.25) is 0 Å². The zero-order chi connectivity index (χ0) is 21.8. The average Bonchev–Trinajstić information content (AvgIpc) is 2.82. The van der Waals surface area contributed by atoms with Gasteiger partial charge in [0, 0.05) is 0 Å². The summed E-state index contributed by atoms with van der Waals surface area (Å²) in [5.74, 6) is -2.17. The standard InChI is InChI=1S/3C7H6O2.CH3O.Ti/c3*8-7(9)6-4-2-1-3-5-6;1-2;/h3*1-5H,(H,8,9);1H3;/q;;;-1;+4/p-3. The molecule has 0 saturated heterocycles. The normalized spacial score (nSPS) is 9.40. The summed E-state index contributed by atoms with van der Waals surface area (Å²) in [6.45, 7) is 0. The Morgan fingerprint density at radius 3 is 1.00 bits per heavy atom. The van der Waals surface area contributed by atoms with Crippen molar-refractivity contribution in [1.29, 1.82) is 0 Å². The van der Waals surface area contributed by atoms with Gasteiger partial charge in [-0.15, -0.1) is 0 Å². The van der Waals surface area contributed by atoms with E-state index in [1.54, 1.807) is 91.0 Å². The topological polar surface area (TPSA) is 102 Å². The minimum atomic E-state index is -3.79. The van der Waals surface area contributed by atoms with Crippen LogP contribution in [0.15, 0.2) is 91.0 Å². The number of benzene rings is 3. The molecule has 3 rings (SSSR count). The molecule has 0 bridgehead atoms. The Morgan fingerprint density at radius 2 is 0.767 bits per heavy atom. The first-order valence-electron chi connectivity index (χ1n) is 8.73. The third-order valence-corrected chi connectivity index (χ3v) is 5.21. The van der Waals surface area contributed by atoms with E-state index in [1.165, 1.54) is 0 Å². The minimum absolute atomic E-state index is 0.263. The molecule has 0 aliphatic heterocycles. The summed E-state index contributed by atoms with van der Waals surface area (Å²) in [4.78, 5) is 37.0. The molecule has 0 radical (unpaired) electrons. The van der Waals surface area contributed by atoms with Crippen LogP contribution < -0.4 is 5.11 Å². The van der Waals surface area contributed by atoms with Gasteiger partial charge >= 0.3 is 169 Å². The van der Waals surface area contributed by atoms with Crippen molar-refractivity contribution in [2.24, 2.45) is 0 Å². The molecule has 3 aromatic rings. The number of hydrogen-bond donors (Lipinski definition) is 0. The van der Waals surface area contributed by atoms with Crippen molar-refractivity contribution in [3.63, 3.8) is 0 Å². The van der Waals surface area contributed by atoms with Crippen molar-refractivity contribution >= 4 is 17.9 Å². The predicted molar refractivity (Wildman–Crippen MR) is 101 cm³/mol. The second-order valence-electron chi connectivity index (χ2n) is 5.52. The number of carbonyl (C=O) groups is 3. The molecular formula is C22H18O7Ti. The first-order chi connectivity index (χ1) is 14.6. The van der Waals surface area contributed by atoms with Crippen LogP contribution >= 0.6 is 0 Å². The summed E-state index contributed by atoms with van der Waals surface area (Å²) in [7, 11) is 0.750. The fraction of sp³-hybridized carbons (Fsp3) is 0.0455. The maximum atomic E-state index is 12.3. The van der Waals surface area contributed by atoms with Crippen molar-refractivity contribution in [2.75, 3.05) is 7.11 Å². The molecule has 152 valence electrons. The third-order valence-electron chi connectivity index (χ3n) is 3.56. The Labute approximate surface area is 181 Å². The summed E-state index contributed by atoms with van der Waals surface area (Å²) >= 11 is -3.79. The van der Waals surface area contributed by atoms with Gasteiger partial charge in [0.1, 0.15) is 0 Å². The quantitative estimate of drug-likeness (QED) is 0.541. The Kier molecular flexibility index (Phi) is 9.47. The molecule has 0 fully saturated rings. The molecule has 8 heteroatoms. The maximum absolute atomic E-state index is 12.3. The molecule has 0 atom stereocenters. The van der Waals surface area contributed by atoms with Gasteiger partial charge in [0.2, 0.25) is 0 Å². The predicted octanol–water partition coefficient (Wildman–Crippen LogP) is 2.90. The molecule has 0 aliphatic rings. The van der Waals surface area contributed by atoms with Gasteiger partial charge in [0.15, 0.2) is 0 Å². The van der Waals surface area contributed by atoms with Gasteiger partial charge in [-0.05, 0) is 0 Å². The van der Waals surface area contributed by atoms with Gasteiger partial charge in [-0.2, -0.15) is 7.11 Å². The van der Waals surface area contributed by atoms with Gasteiger partial charge in [0.05, 0.1) is 0 Å². The molecule has 3 aromatic carbocycles. The number of carbonyl (C=O) groups excluding carboxylic acids is 3. The van der Waals surface area contributed by atoms with Gasteiger partial charge < -0.3 is 5.11 Å². The second-order valence-corrected chi connectivity index (χ2v) is 7.25. The fourth-order valence-electron chi connectivity index (χ4n) is 2.19. The average molecular weight is 442 g/mol. The van der Waals surface area contributed by atoms with E-state index >= 15 is 0 Å². The Bertz CT molecular complexity index is 820. The van der Waals surface area contributed by atoms with E-state index < -0.39 is 36.9 Å². The Hall–Kier alpha value is -3.26. The van der Waals surface area contributed by atoms with Crippen LogP contribution in [0.1, 0.15) is 31.1 Å². The summed E-state index contributed by atoms with van der Waals surface area (Å²) in [5, 5.41) is 8.25. The van der Waals surface area contributed by atoms with Crippen LogP contribution in [-0.2, 0) is 29.0 Å². The van der Waals surface area contributed by atoms with E-state index in [0.29, 0.717) is 0 Å². The Morgan fingerprint density at radius 1 is 0.533 bits per heavy atom. The molecule has 7 nitrogen and oxygen atoms in total. The molecule has 0 amide bonds. The zero-order valence-corrected chi connectivity index (χ0v) is 17.6. The van der Waals surface area contributed by atoms with Crippen molar-refractivity contribution in [3.05, 3.63) is 108 Å². The van der Waals surface area contributed by atoms with E-state index in [2.05, 4.69) is 0 Å². The van der Waals surface area contributed by atoms with Crippen molar-refractivity contribution in [2.45, 2.75) is 0 Å². The van der Waals surface area contributed by atoms with Crippen LogP contribution in [0.4, 0.5) is 0 Å². The molecule has 0 heterocycles. The van der Waals surface area contributed by atoms with Crippen LogP contribution in [-0.4, -0.2) is 25.0 Å². The Balaban J connectivity index is 0.00000155. The van der Waals surface area contributed by atoms with E-state index in [1.807, 2.05) is 0 Å². The third kappa shape index (κ3) is 6.97. The van der Waals surface area contributed by atoms with E-state index in [-0.39, 0.29) is 16.7 Å². The molecule has 0 aromatic heterocycles. The monoisotopic (exact) mass is 442 g/mol. The first-order valence-corrected chi connectivity index (χ1v) is 10.6. The number of rotatable bonds is 6. The van der Waals surface area contributed by atoms with Crippen LogP contribution in [0, 0.1) is 0 Å². The molecule has 0 saturated carbocycles. The van der Waals surface area contributed by atoms with E-state index in [4.69, 9.17) is 15.1 Å². The zero-order valence-electron chi connectivity index (χ0n) is 16.0.